The summed E-state index contributed by atoms with van der Waals surface area (Å²) in [6, 6.07) is 8.25. The second-order valence-electron chi connectivity index (χ2n) is 8.67. The van der Waals surface area contributed by atoms with E-state index in [4.69, 9.17) is 27.1 Å². The van der Waals surface area contributed by atoms with E-state index in [9.17, 15) is 0 Å². The Morgan fingerprint density at radius 3 is 2.62 bits per heavy atom. The Morgan fingerprint density at radius 1 is 1.28 bits per heavy atom. The maximum Gasteiger partial charge on any atom is 0.142 e. The number of allylic oxidation sites excluding steroid dienone is 7. The molecule has 170 valence electrons. The number of nitrogens with zero attached hydrogens (tertiary/aromatic N) is 2. The molecule has 1 atom stereocenters. The van der Waals surface area contributed by atoms with Crippen LogP contribution in [0.3, 0.4) is 0 Å². The molecule has 2 N–H and O–H groups in total. The number of hydrogen-bond acceptors (Lipinski definition) is 3. The van der Waals surface area contributed by atoms with Crippen molar-refractivity contribution >= 4 is 33.1 Å². The summed E-state index contributed by atoms with van der Waals surface area (Å²) in [6.45, 7) is 8.72. The molecule has 0 amide bonds. The average molecular weight is 517 g/mol. The van der Waals surface area contributed by atoms with Crippen molar-refractivity contribution in [2.45, 2.75) is 52.5 Å². The highest BCUT2D eigenvalue weighted by Crippen LogP contribution is 2.32. The summed E-state index contributed by atoms with van der Waals surface area (Å²) in [5, 5.41) is -0.274. The van der Waals surface area contributed by atoms with Crippen LogP contribution >= 0.6 is 27.5 Å². The number of aromatic nitrogens is 2. The number of benzene rings is 1. The summed E-state index contributed by atoms with van der Waals surface area (Å²) in [5.41, 5.74) is 9.67. The monoisotopic (exact) mass is 515 g/mol. The van der Waals surface area contributed by atoms with Crippen LogP contribution in [0.15, 0.2) is 71.1 Å². The van der Waals surface area contributed by atoms with Crippen molar-refractivity contribution in [1.82, 2.24) is 9.55 Å². The average Bonchev–Trinajstić information content (AvgIpc) is 3.09. The van der Waals surface area contributed by atoms with Gasteiger partial charge in [0, 0.05) is 33.0 Å². The molecule has 0 saturated heterocycles. The van der Waals surface area contributed by atoms with Crippen LogP contribution in [-0.2, 0) is 17.8 Å². The van der Waals surface area contributed by atoms with Gasteiger partial charge in [-0.05, 0) is 37.1 Å². The molecule has 1 aromatic heterocycles. The molecule has 4 nitrogen and oxygen atoms in total. The lowest BCUT2D eigenvalue weighted by atomic mass is 9.94. The predicted molar refractivity (Wildman–Crippen MR) is 138 cm³/mol. The van der Waals surface area contributed by atoms with Crippen LogP contribution in [0.5, 0.6) is 0 Å². The maximum atomic E-state index is 6.79. The van der Waals surface area contributed by atoms with E-state index in [2.05, 4.69) is 72.5 Å². The molecule has 3 rings (SSSR count). The van der Waals surface area contributed by atoms with Gasteiger partial charge in [0.1, 0.15) is 23.9 Å². The summed E-state index contributed by atoms with van der Waals surface area (Å²) in [4.78, 5) is 5.06. The first-order valence-electron chi connectivity index (χ1n) is 10.9. The van der Waals surface area contributed by atoms with Gasteiger partial charge in [-0.15, -0.1) is 11.6 Å². The Labute approximate surface area is 204 Å². The van der Waals surface area contributed by atoms with E-state index in [1.165, 1.54) is 0 Å². The second kappa shape index (κ2) is 10.6. The molecule has 0 fully saturated rings. The zero-order chi connectivity index (χ0) is 23.3. The molecule has 0 spiro atoms. The summed E-state index contributed by atoms with van der Waals surface area (Å²) >= 11 is 10.3. The minimum atomic E-state index is -0.274. The van der Waals surface area contributed by atoms with Gasteiger partial charge >= 0.3 is 0 Å². The zero-order valence-electron chi connectivity index (χ0n) is 19.1. The van der Waals surface area contributed by atoms with Gasteiger partial charge in [-0.1, -0.05) is 74.0 Å². The fraction of sp³-hybridized carbons (Fsp3) is 0.346. The van der Waals surface area contributed by atoms with Crippen LogP contribution in [0.2, 0.25) is 0 Å². The molecule has 1 unspecified atom stereocenters. The number of halogens is 2. The summed E-state index contributed by atoms with van der Waals surface area (Å²) in [7, 11) is 0. The highest BCUT2D eigenvalue weighted by molar-refractivity contribution is 9.10. The molecular formula is C26H31BrClN3O. The largest absolute Gasteiger partial charge is 0.490 e. The Balaban J connectivity index is 2.13. The summed E-state index contributed by atoms with van der Waals surface area (Å²) in [5.74, 6) is 1.59. The summed E-state index contributed by atoms with van der Waals surface area (Å²) < 4.78 is 9.37. The van der Waals surface area contributed by atoms with Crippen molar-refractivity contribution in [2.24, 2.45) is 11.1 Å². The van der Waals surface area contributed by atoms with Crippen LogP contribution < -0.4 is 5.73 Å². The van der Waals surface area contributed by atoms with Gasteiger partial charge in [0.25, 0.3) is 0 Å². The number of ether oxygens (including phenoxy) is 1. The summed E-state index contributed by atoms with van der Waals surface area (Å²) in [6.07, 6.45) is 13.4. The van der Waals surface area contributed by atoms with Crippen LogP contribution in [0.4, 0.5) is 0 Å². The molecule has 1 aliphatic rings. The van der Waals surface area contributed by atoms with E-state index >= 15 is 0 Å². The van der Waals surface area contributed by atoms with Crippen LogP contribution in [0.25, 0.3) is 11.3 Å². The number of alkyl halides is 1. The molecule has 1 aliphatic carbocycles. The van der Waals surface area contributed by atoms with E-state index in [1.807, 2.05) is 30.4 Å². The van der Waals surface area contributed by atoms with Crippen molar-refractivity contribution < 1.29 is 4.74 Å². The lowest BCUT2D eigenvalue weighted by molar-refractivity contribution is 0.136. The van der Waals surface area contributed by atoms with Gasteiger partial charge in [0.05, 0.1) is 5.38 Å². The molecule has 32 heavy (non-hydrogen) atoms. The molecule has 0 saturated carbocycles. The lowest BCUT2D eigenvalue weighted by Gasteiger charge is -2.22. The number of imidazole rings is 1. The molecule has 2 aromatic rings. The molecule has 0 radical (unpaired) electrons. The first kappa shape index (κ1) is 24.4. The second-order valence-corrected chi connectivity index (χ2v) is 10.1. The molecule has 1 aromatic carbocycles. The first-order valence-corrected chi connectivity index (χ1v) is 12.1. The van der Waals surface area contributed by atoms with Gasteiger partial charge in [0.15, 0.2) is 0 Å². The Kier molecular flexibility index (Phi) is 8.07. The quantitative estimate of drug-likeness (QED) is 0.330. The third kappa shape index (κ3) is 5.57. The smallest absolute Gasteiger partial charge is 0.142 e. The molecule has 0 aliphatic heterocycles. The fourth-order valence-corrected chi connectivity index (χ4v) is 4.18. The fourth-order valence-electron chi connectivity index (χ4n) is 3.64. The van der Waals surface area contributed by atoms with Crippen LogP contribution in [-0.4, -0.2) is 14.9 Å². The lowest BCUT2D eigenvalue weighted by Crippen LogP contribution is -2.14. The Hall–Kier alpha value is -2.24. The molecular weight excluding hydrogens is 486 g/mol. The molecule has 6 heteroatoms. The Bertz CT molecular complexity index is 1060. The van der Waals surface area contributed by atoms with E-state index < -0.39 is 0 Å². The molecule has 1 heterocycles. The maximum absolute atomic E-state index is 6.79. The third-order valence-corrected chi connectivity index (χ3v) is 6.20. The minimum absolute atomic E-state index is 0.182. The van der Waals surface area contributed by atoms with Gasteiger partial charge in [-0.3, -0.25) is 4.57 Å². The zero-order valence-corrected chi connectivity index (χ0v) is 21.5. The van der Waals surface area contributed by atoms with E-state index in [0.29, 0.717) is 6.61 Å². The van der Waals surface area contributed by atoms with Gasteiger partial charge in [-0.2, -0.15) is 0 Å². The van der Waals surface area contributed by atoms with Crippen LogP contribution in [0, 0.1) is 5.41 Å². The predicted octanol–water partition coefficient (Wildman–Crippen LogP) is 7.07. The SMILES string of the molecule is CCc1c(CO/C(=C\N)C(C)(C)C)nc(/C2=C/C/C=C\C=CC2Cl)n1-c1ccc(Br)cc1. The standard InChI is InChI=1S/C26H31BrClN3O/c1-5-23-22(17-32-24(16-29)26(2,3)4)30-25(20-10-8-6-7-9-11-21(20)28)31(23)19-14-12-18(27)13-15-19/h6-7,9-16,21H,5,8,17,29H2,1-4H3/b7-6-,11-9?,20-10+,24-16-. The number of rotatable bonds is 6. The van der Waals surface area contributed by atoms with Crippen molar-refractivity contribution in [3.05, 3.63) is 88.3 Å². The van der Waals surface area contributed by atoms with E-state index in [0.717, 1.165) is 51.5 Å². The van der Waals surface area contributed by atoms with Gasteiger partial charge < -0.3 is 10.5 Å². The first-order chi connectivity index (χ1) is 15.3. The highest BCUT2D eigenvalue weighted by atomic mass is 79.9. The van der Waals surface area contributed by atoms with Crippen molar-refractivity contribution in [3.63, 3.8) is 0 Å². The van der Waals surface area contributed by atoms with Gasteiger partial charge in [0.2, 0.25) is 0 Å². The van der Waals surface area contributed by atoms with E-state index in [1.54, 1.807) is 6.20 Å². The van der Waals surface area contributed by atoms with Gasteiger partial charge in [-0.25, -0.2) is 4.98 Å². The van der Waals surface area contributed by atoms with Crippen molar-refractivity contribution in [1.29, 1.82) is 0 Å². The van der Waals surface area contributed by atoms with Crippen molar-refractivity contribution in [3.8, 4) is 5.69 Å². The van der Waals surface area contributed by atoms with Crippen molar-refractivity contribution in [2.75, 3.05) is 0 Å². The Morgan fingerprint density at radius 2 is 2.00 bits per heavy atom. The van der Waals surface area contributed by atoms with Crippen LogP contribution in [0.1, 0.15) is 51.3 Å². The number of hydrogen-bond donors (Lipinski definition) is 1. The highest BCUT2D eigenvalue weighted by Gasteiger charge is 2.25. The minimum Gasteiger partial charge on any atom is -0.490 e. The van der Waals surface area contributed by atoms with E-state index in [-0.39, 0.29) is 10.8 Å². The third-order valence-electron chi connectivity index (χ3n) is 5.29. The molecule has 0 bridgehead atoms. The number of nitrogens with two attached hydrogens (primary N) is 1. The topological polar surface area (TPSA) is 53.1 Å². The normalized spacial score (nSPS) is 19.8.